The monoisotopic (exact) mass is 306 g/mol. The largest absolute Gasteiger partial charge is 0.294 e. The standard InChI is InChI=1S/C21H22O2/c22-20(16-9-4-1-2-5-10-16)18-13-8-14-19(15-18)21(23)17-11-6-3-7-12-17/h3,6-8,11-16H,1-2,4-5,9-10H2. The van der Waals surface area contributed by atoms with E-state index in [-0.39, 0.29) is 17.5 Å². The Kier molecular flexibility index (Phi) is 5.02. The molecule has 1 aliphatic carbocycles. The van der Waals surface area contributed by atoms with Crippen molar-refractivity contribution in [3.8, 4) is 0 Å². The van der Waals surface area contributed by atoms with Crippen LogP contribution in [-0.2, 0) is 0 Å². The van der Waals surface area contributed by atoms with Crippen LogP contribution in [0.5, 0.6) is 0 Å². The number of rotatable bonds is 4. The van der Waals surface area contributed by atoms with Gasteiger partial charge in [0.1, 0.15) is 0 Å². The summed E-state index contributed by atoms with van der Waals surface area (Å²) in [6, 6.07) is 16.4. The fourth-order valence-electron chi connectivity index (χ4n) is 3.35. The fourth-order valence-corrected chi connectivity index (χ4v) is 3.35. The third-order valence-corrected chi connectivity index (χ3v) is 4.67. The fraction of sp³-hybridized carbons (Fsp3) is 0.333. The normalized spacial score (nSPS) is 15.8. The van der Waals surface area contributed by atoms with Gasteiger partial charge in [0.2, 0.25) is 0 Å². The van der Waals surface area contributed by atoms with Gasteiger partial charge < -0.3 is 0 Å². The first-order chi connectivity index (χ1) is 11.3. The second kappa shape index (κ2) is 7.36. The molecule has 0 heterocycles. The van der Waals surface area contributed by atoms with E-state index in [1.165, 1.54) is 12.8 Å². The molecule has 0 N–H and O–H groups in total. The van der Waals surface area contributed by atoms with Crippen molar-refractivity contribution in [2.24, 2.45) is 5.92 Å². The molecule has 2 aromatic rings. The Balaban J connectivity index is 1.82. The van der Waals surface area contributed by atoms with Crippen molar-refractivity contribution in [2.75, 3.05) is 0 Å². The summed E-state index contributed by atoms with van der Waals surface area (Å²) in [4.78, 5) is 25.3. The molecule has 1 fully saturated rings. The summed E-state index contributed by atoms with van der Waals surface area (Å²) in [6.45, 7) is 0. The Hall–Kier alpha value is -2.22. The van der Waals surface area contributed by atoms with Crippen LogP contribution in [0.25, 0.3) is 0 Å². The van der Waals surface area contributed by atoms with Gasteiger partial charge in [-0.1, -0.05) is 74.2 Å². The molecule has 0 amide bonds. The van der Waals surface area contributed by atoms with Crippen molar-refractivity contribution in [1.82, 2.24) is 0 Å². The Labute approximate surface area is 137 Å². The number of Topliss-reactive ketones (excluding diaryl/α,β-unsaturated/α-hetero) is 1. The molecule has 0 saturated heterocycles. The maximum absolute atomic E-state index is 12.8. The summed E-state index contributed by atoms with van der Waals surface area (Å²) in [6.07, 6.45) is 6.70. The van der Waals surface area contributed by atoms with Crippen LogP contribution in [0.15, 0.2) is 54.6 Å². The van der Waals surface area contributed by atoms with Crippen LogP contribution < -0.4 is 0 Å². The van der Waals surface area contributed by atoms with Crippen molar-refractivity contribution in [3.63, 3.8) is 0 Å². The summed E-state index contributed by atoms with van der Waals surface area (Å²) >= 11 is 0. The van der Waals surface area contributed by atoms with Crippen molar-refractivity contribution in [3.05, 3.63) is 71.3 Å². The molecule has 1 aliphatic rings. The van der Waals surface area contributed by atoms with E-state index in [9.17, 15) is 9.59 Å². The number of carbonyl (C=O) groups is 2. The summed E-state index contributed by atoms with van der Waals surface area (Å²) < 4.78 is 0. The molecule has 0 radical (unpaired) electrons. The van der Waals surface area contributed by atoms with E-state index >= 15 is 0 Å². The Morgan fingerprint density at radius 2 is 1.30 bits per heavy atom. The van der Waals surface area contributed by atoms with Gasteiger partial charge in [0.15, 0.2) is 11.6 Å². The second-order valence-corrected chi connectivity index (χ2v) is 6.33. The summed E-state index contributed by atoms with van der Waals surface area (Å²) in [5.74, 6) is 0.301. The molecule has 2 aromatic carbocycles. The zero-order chi connectivity index (χ0) is 16.1. The van der Waals surface area contributed by atoms with Gasteiger partial charge in [-0.2, -0.15) is 0 Å². The van der Waals surface area contributed by atoms with E-state index in [1.807, 2.05) is 42.5 Å². The van der Waals surface area contributed by atoms with Crippen LogP contribution in [-0.4, -0.2) is 11.6 Å². The minimum Gasteiger partial charge on any atom is -0.294 e. The minimum atomic E-state index is -0.0267. The smallest absolute Gasteiger partial charge is 0.193 e. The molecule has 23 heavy (non-hydrogen) atoms. The molecule has 2 heteroatoms. The molecule has 0 unspecified atom stereocenters. The second-order valence-electron chi connectivity index (χ2n) is 6.33. The zero-order valence-corrected chi connectivity index (χ0v) is 13.3. The van der Waals surface area contributed by atoms with Gasteiger partial charge in [0.25, 0.3) is 0 Å². The Morgan fingerprint density at radius 3 is 2.00 bits per heavy atom. The molecular formula is C21H22O2. The first-order valence-corrected chi connectivity index (χ1v) is 8.50. The van der Waals surface area contributed by atoms with Crippen LogP contribution in [0.4, 0.5) is 0 Å². The van der Waals surface area contributed by atoms with Crippen LogP contribution >= 0.6 is 0 Å². The SMILES string of the molecule is O=C(c1ccccc1)c1cccc(C(=O)C2CCCCCC2)c1. The van der Waals surface area contributed by atoms with Crippen LogP contribution in [0.3, 0.4) is 0 Å². The first-order valence-electron chi connectivity index (χ1n) is 8.50. The first kappa shape index (κ1) is 15.7. The van der Waals surface area contributed by atoms with Crippen LogP contribution in [0, 0.1) is 5.92 Å². The summed E-state index contributed by atoms with van der Waals surface area (Å²) in [5, 5.41) is 0. The third kappa shape index (κ3) is 3.76. The molecule has 0 aromatic heterocycles. The van der Waals surface area contributed by atoms with E-state index in [0.717, 1.165) is 25.7 Å². The number of carbonyl (C=O) groups excluding carboxylic acids is 2. The highest BCUT2D eigenvalue weighted by molar-refractivity contribution is 6.10. The highest BCUT2D eigenvalue weighted by Gasteiger charge is 2.22. The quantitative estimate of drug-likeness (QED) is 0.583. The molecule has 0 bridgehead atoms. The van der Waals surface area contributed by atoms with Crippen LogP contribution in [0.1, 0.15) is 64.8 Å². The molecule has 0 atom stereocenters. The predicted octanol–water partition coefficient (Wildman–Crippen LogP) is 5.07. The molecule has 0 aliphatic heterocycles. The van der Waals surface area contributed by atoms with E-state index in [2.05, 4.69) is 0 Å². The molecule has 1 saturated carbocycles. The summed E-state index contributed by atoms with van der Waals surface area (Å²) in [5.41, 5.74) is 1.93. The lowest BCUT2D eigenvalue weighted by Crippen LogP contribution is -2.15. The van der Waals surface area contributed by atoms with Gasteiger partial charge in [0.05, 0.1) is 0 Å². The number of benzene rings is 2. The van der Waals surface area contributed by atoms with Crippen molar-refractivity contribution >= 4 is 11.6 Å². The minimum absolute atomic E-state index is 0.0267. The third-order valence-electron chi connectivity index (χ3n) is 4.67. The van der Waals surface area contributed by atoms with Gasteiger partial charge in [-0.3, -0.25) is 9.59 Å². The van der Waals surface area contributed by atoms with Gasteiger partial charge >= 0.3 is 0 Å². The lowest BCUT2D eigenvalue weighted by Gasteiger charge is -2.13. The van der Waals surface area contributed by atoms with E-state index < -0.39 is 0 Å². The van der Waals surface area contributed by atoms with Crippen molar-refractivity contribution < 1.29 is 9.59 Å². The zero-order valence-electron chi connectivity index (χ0n) is 13.3. The highest BCUT2D eigenvalue weighted by atomic mass is 16.1. The molecular weight excluding hydrogens is 284 g/mol. The highest BCUT2D eigenvalue weighted by Crippen LogP contribution is 2.26. The van der Waals surface area contributed by atoms with Gasteiger partial charge in [0, 0.05) is 22.6 Å². The van der Waals surface area contributed by atoms with Gasteiger partial charge in [-0.25, -0.2) is 0 Å². The lowest BCUT2D eigenvalue weighted by molar-refractivity contribution is 0.0908. The van der Waals surface area contributed by atoms with Crippen molar-refractivity contribution in [2.45, 2.75) is 38.5 Å². The average molecular weight is 306 g/mol. The molecule has 2 nitrogen and oxygen atoms in total. The van der Waals surface area contributed by atoms with E-state index in [1.54, 1.807) is 12.1 Å². The van der Waals surface area contributed by atoms with Gasteiger partial charge in [-0.15, -0.1) is 0 Å². The van der Waals surface area contributed by atoms with E-state index in [0.29, 0.717) is 16.7 Å². The predicted molar refractivity (Wildman–Crippen MR) is 91.8 cm³/mol. The molecule has 3 rings (SSSR count). The Bertz CT molecular complexity index is 680. The number of hydrogen-bond donors (Lipinski definition) is 0. The van der Waals surface area contributed by atoms with Crippen LogP contribution in [0.2, 0.25) is 0 Å². The number of hydrogen-bond acceptors (Lipinski definition) is 2. The molecule has 0 spiro atoms. The number of ketones is 2. The summed E-state index contributed by atoms with van der Waals surface area (Å²) in [7, 11) is 0. The average Bonchev–Trinajstić information content (AvgIpc) is 2.91. The lowest BCUT2D eigenvalue weighted by atomic mass is 9.90. The van der Waals surface area contributed by atoms with Crippen molar-refractivity contribution in [1.29, 1.82) is 0 Å². The maximum atomic E-state index is 12.8. The Morgan fingerprint density at radius 1 is 0.696 bits per heavy atom. The van der Waals surface area contributed by atoms with E-state index in [4.69, 9.17) is 0 Å². The molecule has 118 valence electrons. The van der Waals surface area contributed by atoms with Gasteiger partial charge in [-0.05, 0) is 18.9 Å². The maximum Gasteiger partial charge on any atom is 0.193 e. The topological polar surface area (TPSA) is 34.1 Å².